The van der Waals surface area contributed by atoms with Crippen molar-refractivity contribution in [3.05, 3.63) is 46.1 Å². The lowest BCUT2D eigenvalue weighted by atomic mass is 10.2. The van der Waals surface area contributed by atoms with Gasteiger partial charge in [0.2, 0.25) is 5.88 Å². The number of nitrogens with zero attached hydrogens (tertiary/aromatic N) is 1. The van der Waals surface area contributed by atoms with E-state index in [-0.39, 0.29) is 0 Å². The molecule has 4 heteroatoms. The molecule has 1 heterocycles. The van der Waals surface area contributed by atoms with E-state index in [2.05, 4.69) is 20.9 Å². The minimum absolute atomic E-state index is 0.612. The summed E-state index contributed by atoms with van der Waals surface area (Å²) in [7, 11) is 0. The molecule has 0 bridgehead atoms. The van der Waals surface area contributed by atoms with Crippen LogP contribution in [0.25, 0.3) is 0 Å². The highest BCUT2D eigenvalue weighted by atomic mass is 79.9. The molecule has 0 aliphatic rings. The Morgan fingerprint density at radius 2 is 1.94 bits per heavy atom. The minimum atomic E-state index is 0.612. The van der Waals surface area contributed by atoms with Gasteiger partial charge < -0.3 is 10.5 Å². The van der Waals surface area contributed by atoms with E-state index in [1.807, 2.05) is 38.1 Å². The molecule has 0 spiro atoms. The average Bonchev–Trinajstić information content (AvgIpc) is 2.25. The Morgan fingerprint density at radius 1 is 1.18 bits per heavy atom. The predicted molar refractivity (Wildman–Crippen MR) is 72.3 cm³/mol. The van der Waals surface area contributed by atoms with E-state index in [9.17, 15) is 0 Å². The SMILES string of the molecule is Cc1cc(N)ccc1Oc1ncc(Br)cc1C. The zero-order valence-electron chi connectivity index (χ0n) is 9.70. The summed E-state index contributed by atoms with van der Waals surface area (Å²) in [5, 5.41) is 0. The highest BCUT2D eigenvalue weighted by Gasteiger charge is 2.06. The average molecular weight is 293 g/mol. The lowest BCUT2D eigenvalue weighted by molar-refractivity contribution is 0.455. The van der Waals surface area contributed by atoms with Gasteiger partial charge in [0.25, 0.3) is 0 Å². The first-order chi connectivity index (χ1) is 8.06. The molecule has 0 aliphatic carbocycles. The van der Waals surface area contributed by atoms with Gasteiger partial charge in [-0.15, -0.1) is 0 Å². The van der Waals surface area contributed by atoms with E-state index in [0.717, 1.165) is 27.0 Å². The van der Waals surface area contributed by atoms with E-state index < -0.39 is 0 Å². The summed E-state index contributed by atoms with van der Waals surface area (Å²) in [6.45, 7) is 3.92. The van der Waals surface area contributed by atoms with Gasteiger partial charge in [-0.1, -0.05) is 0 Å². The number of pyridine rings is 1. The zero-order valence-corrected chi connectivity index (χ0v) is 11.3. The lowest BCUT2D eigenvalue weighted by Gasteiger charge is -2.10. The molecule has 2 N–H and O–H groups in total. The van der Waals surface area contributed by atoms with E-state index in [1.54, 1.807) is 6.20 Å². The number of anilines is 1. The first-order valence-corrected chi connectivity index (χ1v) is 6.01. The fraction of sp³-hybridized carbons (Fsp3) is 0.154. The molecule has 0 amide bonds. The molecule has 0 fully saturated rings. The second kappa shape index (κ2) is 4.75. The number of aromatic nitrogens is 1. The Bertz CT molecular complexity index is 506. The second-order valence-electron chi connectivity index (χ2n) is 3.90. The number of halogens is 1. The van der Waals surface area contributed by atoms with Gasteiger partial charge in [0.15, 0.2) is 0 Å². The van der Waals surface area contributed by atoms with Crippen molar-refractivity contribution in [1.29, 1.82) is 0 Å². The number of hydrogen-bond donors (Lipinski definition) is 1. The van der Waals surface area contributed by atoms with E-state index in [1.165, 1.54) is 0 Å². The van der Waals surface area contributed by atoms with Crippen LogP contribution in [0, 0.1) is 13.8 Å². The molecule has 0 radical (unpaired) electrons. The standard InChI is InChI=1S/C13H13BrN2O/c1-8-6-11(15)3-4-12(8)17-13-9(2)5-10(14)7-16-13/h3-7H,15H2,1-2H3. The molecule has 2 aromatic rings. The number of ether oxygens (including phenoxy) is 1. The van der Waals surface area contributed by atoms with Crippen molar-refractivity contribution in [3.63, 3.8) is 0 Å². The summed E-state index contributed by atoms with van der Waals surface area (Å²) < 4.78 is 6.70. The van der Waals surface area contributed by atoms with Crippen molar-refractivity contribution >= 4 is 21.6 Å². The highest BCUT2D eigenvalue weighted by Crippen LogP contribution is 2.28. The monoisotopic (exact) mass is 292 g/mol. The van der Waals surface area contributed by atoms with Crippen LogP contribution in [0.4, 0.5) is 5.69 Å². The normalized spacial score (nSPS) is 10.3. The number of benzene rings is 1. The van der Waals surface area contributed by atoms with Crippen molar-refractivity contribution in [3.8, 4) is 11.6 Å². The van der Waals surface area contributed by atoms with Crippen molar-refractivity contribution in [2.45, 2.75) is 13.8 Å². The van der Waals surface area contributed by atoms with Crippen LogP contribution in [0.2, 0.25) is 0 Å². The summed E-state index contributed by atoms with van der Waals surface area (Å²) in [6.07, 6.45) is 1.72. The molecule has 2 rings (SSSR count). The molecule has 0 saturated heterocycles. The van der Waals surface area contributed by atoms with Gasteiger partial charge in [0, 0.05) is 21.9 Å². The zero-order chi connectivity index (χ0) is 12.4. The fourth-order valence-corrected chi connectivity index (χ4v) is 1.97. The van der Waals surface area contributed by atoms with Crippen LogP contribution in [0.15, 0.2) is 34.9 Å². The van der Waals surface area contributed by atoms with Gasteiger partial charge >= 0.3 is 0 Å². The number of rotatable bonds is 2. The maximum Gasteiger partial charge on any atom is 0.222 e. The van der Waals surface area contributed by atoms with Gasteiger partial charge in [-0.3, -0.25) is 0 Å². The van der Waals surface area contributed by atoms with E-state index in [4.69, 9.17) is 10.5 Å². The fourth-order valence-electron chi connectivity index (χ4n) is 1.53. The van der Waals surface area contributed by atoms with Gasteiger partial charge in [0.05, 0.1) is 0 Å². The Hall–Kier alpha value is -1.55. The van der Waals surface area contributed by atoms with Gasteiger partial charge in [-0.25, -0.2) is 4.98 Å². The summed E-state index contributed by atoms with van der Waals surface area (Å²) >= 11 is 3.37. The minimum Gasteiger partial charge on any atom is -0.438 e. The summed E-state index contributed by atoms with van der Waals surface area (Å²) in [6, 6.07) is 7.52. The third kappa shape index (κ3) is 2.77. The van der Waals surface area contributed by atoms with Crippen LogP contribution in [-0.4, -0.2) is 4.98 Å². The van der Waals surface area contributed by atoms with E-state index >= 15 is 0 Å². The Kier molecular flexibility index (Phi) is 3.33. The van der Waals surface area contributed by atoms with Gasteiger partial charge in [-0.2, -0.15) is 0 Å². The topological polar surface area (TPSA) is 48.1 Å². The molecule has 0 aliphatic heterocycles. The molecule has 0 unspecified atom stereocenters. The Balaban J connectivity index is 2.31. The largest absolute Gasteiger partial charge is 0.438 e. The van der Waals surface area contributed by atoms with E-state index in [0.29, 0.717) is 5.88 Å². The molecular weight excluding hydrogens is 280 g/mol. The first kappa shape index (κ1) is 11.9. The first-order valence-electron chi connectivity index (χ1n) is 5.22. The van der Waals surface area contributed by atoms with Crippen LogP contribution in [0.3, 0.4) is 0 Å². The van der Waals surface area contributed by atoms with Crippen LogP contribution in [-0.2, 0) is 0 Å². The third-order valence-corrected chi connectivity index (χ3v) is 2.84. The molecule has 1 aromatic carbocycles. The second-order valence-corrected chi connectivity index (χ2v) is 4.82. The van der Waals surface area contributed by atoms with Crippen LogP contribution in [0.5, 0.6) is 11.6 Å². The number of hydrogen-bond acceptors (Lipinski definition) is 3. The van der Waals surface area contributed by atoms with Crippen molar-refractivity contribution in [1.82, 2.24) is 4.98 Å². The summed E-state index contributed by atoms with van der Waals surface area (Å²) in [5.74, 6) is 1.39. The molecule has 1 aromatic heterocycles. The Labute approximate surface area is 109 Å². The van der Waals surface area contributed by atoms with Crippen molar-refractivity contribution in [2.75, 3.05) is 5.73 Å². The smallest absolute Gasteiger partial charge is 0.222 e. The molecule has 0 saturated carbocycles. The quantitative estimate of drug-likeness (QED) is 0.856. The Morgan fingerprint density at radius 3 is 2.59 bits per heavy atom. The van der Waals surface area contributed by atoms with Gasteiger partial charge in [0.1, 0.15) is 5.75 Å². The molecule has 17 heavy (non-hydrogen) atoms. The lowest BCUT2D eigenvalue weighted by Crippen LogP contribution is -1.94. The summed E-state index contributed by atoms with van der Waals surface area (Å²) in [4.78, 5) is 4.24. The van der Waals surface area contributed by atoms with Crippen LogP contribution < -0.4 is 10.5 Å². The molecule has 0 atom stereocenters. The molecular formula is C13H13BrN2O. The number of aryl methyl sites for hydroxylation is 2. The van der Waals surface area contributed by atoms with Crippen molar-refractivity contribution in [2.24, 2.45) is 0 Å². The maximum atomic E-state index is 5.76. The predicted octanol–water partition coefficient (Wildman–Crippen LogP) is 3.84. The molecule has 88 valence electrons. The third-order valence-electron chi connectivity index (χ3n) is 2.40. The van der Waals surface area contributed by atoms with Gasteiger partial charge in [-0.05, 0) is 59.6 Å². The molecule has 3 nitrogen and oxygen atoms in total. The summed E-state index contributed by atoms with van der Waals surface area (Å²) in [5.41, 5.74) is 8.40. The maximum absolute atomic E-state index is 5.76. The number of nitrogens with two attached hydrogens (primary N) is 1. The number of nitrogen functional groups attached to an aromatic ring is 1. The highest BCUT2D eigenvalue weighted by molar-refractivity contribution is 9.10. The van der Waals surface area contributed by atoms with Crippen LogP contribution >= 0.6 is 15.9 Å². The van der Waals surface area contributed by atoms with Crippen LogP contribution in [0.1, 0.15) is 11.1 Å². The van der Waals surface area contributed by atoms with Crippen molar-refractivity contribution < 1.29 is 4.74 Å².